The fraction of sp³-hybridized carbons (Fsp3) is 0.692. The lowest BCUT2D eigenvalue weighted by molar-refractivity contribution is -0.218. The Hall–Kier alpha value is -2.60. The molecule has 5 aliphatic carbocycles. The quantitative estimate of drug-likeness (QED) is 0.175. The molecule has 6 heteroatoms. The maximum Gasteiger partial charge on any atom is 0.330 e. The van der Waals surface area contributed by atoms with Crippen molar-refractivity contribution in [2.75, 3.05) is 6.61 Å². The second-order valence-electron chi connectivity index (χ2n) is 16.8. The van der Waals surface area contributed by atoms with Gasteiger partial charge in [0.25, 0.3) is 0 Å². The van der Waals surface area contributed by atoms with Gasteiger partial charge in [0.2, 0.25) is 0 Å². The molecule has 0 aliphatic heterocycles. The van der Waals surface area contributed by atoms with Crippen molar-refractivity contribution in [1.29, 1.82) is 0 Å². The van der Waals surface area contributed by atoms with E-state index in [-0.39, 0.29) is 46.5 Å². The van der Waals surface area contributed by atoms with Gasteiger partial charge in [-0.05, 0) is 127 Å². The van der Waals surface area contributed by atoms with E-state index < -0.39 is 22.8 Å². The second kappa shape index (κ2) is 11.0. The van der Waals surface area contributed by atoms with Crippen LogP contribution in [-0.4, -0.2) is 40.0 Å². The van der Waals surface area contributed by atoms with Gasteiger partial charge in [-0.2, -0.15) is 0 Å². The van der Waals surface area contributed by atoms with Crippen LogP contribution in [0.3, 0.4) is 0 Å². The summed E-state index contributed by atoms with van der Waals surface area (Å²) in [4.78, 5) is 26.5. The van der Waals surface area contributed by atoms with Crippen LogP contribution < -0.4 is 0 Å². The first-order valence-corrected chi connectivity index (χ1v) is 17.4. The largest absolute Gasteiger partial charge is 0.508 e. The van der Waals surface area contributed by atoms with E-state index in [4.69, 9.17) is 4.74 Å². The number of phenolic OH excluding ortho intramolecular Hbond substituents is 1. The Kier molecular flexibility index (Phi) is 7.90. The first-order valence-electron chi connectivity index (χ1n) is 17.4. The lowest BCUT2D eigenvalue weighted by Gasteiger charge is -2.71. The molecule has 0 heterocycles. The fourth-order valence-corrected chi connectivity index (χ4v) is 12.0. The van der Waals surface area contributed by atoms with Crippen LogP contribution >= 0.6 is 0 Å². The number of aliphatic carboxylic acids is 1. The van der Waals surface area contributed by atoms with E-state index >= 15 is 0 Å². The average Bonchev–Trinajstić information content (AvgIpc) is 2.99. The van der Waals surface area contributed by atoms with E-state index in [0.29, 0.717) is 37.0 Å². The lowest BCUT2D eigenvalue weighted by Crippen LogP contribution is -2.67. The van der Waals surface area contributed by atoms with Gasteiger partial charge >= 0.3 is 11.9 Å². The molecule has 1 aromatic carbocycles. The van der Waals surface area contributed by atoms with Crippen molar-refractivity contribution in [3.05, 3.63) is 47.6 Å². The molecule has 0 saturated heterocycles. The van der Waals surface area contributed by atoms with Gasteiger partial charge in [-0.15, -0.1) is 0 Å². The van der Waals surface area contributed by atoms with Crippen LogP contribution in [0.1, 0.15) is 105 Å². The van der Waals surface area contributed by atoms with Crippen molar-refractivity contribution in [2.24, 2.45) is 56.7 Å². The SMILES string of the molecule is CC1CC[C@]2(C(=O)O)CCC3(COC(=O)/C=C/c4ccc(O)cc4)C(=CCC4[C@@]5(C)CC[C@H](O)C(C)(C)C5CC[C@]43C)[C@@H]2[C@H]1C. The van der Waals surface area contributed by atoms with E-state index in [1.165, 1.54) is 11.6 Å². The number of ether oxygens (including phenoxy) is 1. The molecule has 0 aromatic heterocycles. The number of carboxylic acids is 1. The molecule has 3 N–H and O–H groups in total. The van der Waals surface area contributed by atoms with E-state index in [9.17, 15) is 24.9 Å². The Morgan fingerprint density at radius 3 is 2.33 bits per heavy atom. The summed E-state index contributed by atoms with van der Waals surface area (Å²) in [6, 6.07) is 6.70. The van der Waals surface area contributed by atoms with E-state index in [1.54, 1.807) is 30.3 Å². The Morgan fingerprint density at radius 2 is 1.64 bits per heavy atom. The van der Waals surface area contributed by atoms with Crippen LogP contribution in [0.5, 0.6) is 5.75 Å². The van der Waals surface area contributed by atoms with Gasteiger partial charge in [0, 0.05) is 11.5 Å². The number of aliphatic hydroxyl groups is 1. The number of fused-ring (bicyclic) bond motifs is 7. The van der Waals surface area contributed by atoms with Gasteiger partial charge in [0.1, 0.15) is 12.4 Å². The van der Waals surface area contributed by atoms with Gasteiger partial charge in [0.05, 0.1) is 11.5 Å². The number of allylic oxidation sites excluding steroid dienone is 1. The Balaban J connectivity index is 1.42. The van der Waals surface area contributed by atoms with Crippen LogP contribution in [0.4, 0.5) is 0 Å². The Bertz CT molecular complexity index is 1390. The lowest BCUT2D eigenvalue weighted by atomic mass is 9.33. The summed E-state index contributed by atoms with van der Waals surface area (Å²) in [5, 5.41) is 31.6. The summed E-state index contributed by atoms with van der Waals surface area (Å²) in [6.07, 6.45) is 12.9. The minimum Gasteiger partial charge on any atom is -0.508 e. The maximum atomic E-state index is 13.3. The molecule has 0 spiro atoms. The molecule has 0 amide bonds. The van der Waals surface area contributed by atoms with Crippen molar-refractivity contribution < 1.29 is 29.6 Å². The van der Waals surface area contributed by atoms with Gasteiger partial charge in [-0.3, -0.25) is 4.79 Å². The van der Waals surface area contributed by atoms with Gasteiger partial charge < -0.3 is 20.1 Å². The average molecular weight is 619 g/mol. The number of carbonyl (C=O) groups excluding carboxylic acids is 1. The maximum absolute atomic E-state index is 13.3. The monoisotopic (exact) mass is 618 g/mol. The second-order valence-corrected chi connectivity index (χ2v) is 16.8. The van der Waals surface area contributed by atoms with Gasteiger partial charge in [-0.1, -0.05) is 65.3 Å². The number of phenols is 1. The molecule has 6 nitrogen and oxygen atoms in total. The number of carboxylic acid groups (broad SMARTS) is 1. The first-order chi connectivity index (χ1) is 21.1. The highest BCUT2D eigenvalue weighted by atomic mass is 16.5. The zero-order chi connectivity index (χ0) is 32.6. The fourth-order valence-electron chi connectivity index (χ4n) is 12.0. The topological polar surface area (TPSA) is 104 Å². The number of aromatic hydroxyl groups is 1. The number of esters is 1. The molecule has 10 atom stereocenters. The Morgan fingerprint density at radius 1 is 0.933 bits per heavy atom. The molecule has 0 bridgehead atoms. The Labute approximate surface area is 269 Å². The minimum atomic E-state index is -0.773. The highest BCUT2D eigenvalue weighted by molar-refractivity contribution is 5.87. The zero-order valence-corrected chi connectivity index (χ0v) is 28.1. The first kappa shape index (κ1) is 32.3. The zero-order valence-electron chi connectivity index (χ0n) is 28.1. The molecule has 4 fully saturated rings. The molecular formula is C39H54O6. The summed E-state index contributed by atoms with van der Waals surface area (Å²) in [7, 11) is 0. The van der Waals surface area contributed by atoms with E-state index in [0.717, 1.165) is 44.1 Å². The van der Waals surface area contributed by atoms with Gasteiger partial charge in [-0.25, -0.2) is 4.79 Å². The van der Waals surface area contributed by atoms with Crippen molar-refractivity contribution >= 4 is 18.0 Å². The molecule has 45 heavy (non-hydrogen) atoms. The number of carbonyl (C=O) groups is 2. The third-order valence-corrected chi connectivity index (χ3v) is 14.8. The smallest absolute Gasteiger partial charge is 0.330 e. The van der Waals surface area contributed by atoms with Gasteiger partial charge in [0.15, 0.2) is 0 Å². The number of aliphatic hydroxyl groups excluding tert-OH is 1. The molecule has 4 saturated carbocycles. The van der Waals surface area contributed by atoms with Crippen LogP contribution in [0.25, 0.3) is 6.08 Å². The summed E-state index contributed by atoms with van der Waals surface area (Å²) < 4.78 is 6.26. The molecular weight excluding hydrogens is 564 g/mol. The molecule has 5 aliphatic rings. The third-order valence-electron chi connectivity index (χ3n) is 14.8. The molecule has 0 radical (unpaired) electrons. The van der Waals surface area contributed by atoms with Crippen molar-refractivity contribution in [2.45, 2.75) is 105 Å². The highest BCUT2D eigenvalue weighted by Gasteiger charge is 2.71. The number of rotatable bonds is 5. The van der Waals surface area contributed by atoms with Crippen LogP contribution in [0.2, 0.25) is 0 Å². The van der Waals surface area contributed by atoms with Crippen LogP contribution in [0, 0.1) is 56.7 Å². The van der Waals surface area contributed by atoms with E-state index in [2.05, 4.69) is 47.6 Å². The number of hydrogen-bond acceptors (Lipinski definition) is 5. The summed E-state index contributed by atoms with van der Waals surface area (Å²) >= 11 is 0. The molecule has 246 valence electrons. The minimum absolute atomic E-state index is 0.0281. The predicted molar refractivity (Wildman–Crippen MR) is 175 cm³/mol. The third kappa shape index (κ3) is 4.66. The number of hydrogen-bond donors (Lipinski definition) is 3. The summed E-state index contributed by atoms with van der Waals surface area (Å²) in [5.41, 5.74) is 0.520. The molecule has 6 rings (SSSR count). The highest BCUT2D eigenvalue weighted by Crippen LogP contribution is 2.76. The van der Waals surface area contributed by atoms with Crippen molar-refractivity contribution in [1.82, 2.24) is 0 Å². The summed E-state index contributed by atoms with van der Waals surface area (Å²) in [5.74, 6) is 0.422. The number of benzene rings is 1. The standard InChI is InChI=1S/C39H54O6/c1-24-15-20-38(34(43)44)21-22-39(23-45-32(42)14-9-26-7-10-27(40)11-8-26)28(33(38)25(24)2)12-13-30-36(5)18-17-31(41)35(3,4)29(36)16-19-37(30,39)6/h7-12,14,24-25,29-31,33,40-41H,13,15-23H2,1-6H3,(H,43,44)/b14-9+/t24?,25-,29?,30?,31-,33-,36-,37+,38-,39?/m0/s1. The normalized spacial score (nSPS) is 43.7. The van der Waals surface area contributed by atoms with Crippen molar-refractivity contribution in [3.8, 4) is 5.75 Å². The molecule has 1 aromatic rings. The van der Waals surface area contributed by atoms with Crippen LogP contribution in [0.15, 0.2) is 42.0 Å². The van der Waals surface area contributed by atoms with Crippen LogP contribution in [-0.2, 0) is 14.3 Å². The predicted octanol–water partition coefficient (Wildman–Crippen LogP) is 8.03. The van der Waals surface area contributed by atoms with Crippen molar-refractivity contribution in [3.63, 3.8) is 0 Å². The van der Waals surface area contributed by atoms with E-state index in [1.807, 2.05) is 0 Å². The summed E-state index contributed by atoms with van der Waals surface area (Å²) in [6.45, 7) is 14.2. The molecule has 4 unspecified atom stereocenters.